The smallest absolute Gasteiger partial charge is 0.350 e. The summed E-state index contributed by atoms with van der Waals surface area (Å²) in [6.07, 6.45) is 7.60. The second-order valence-electron chi connectivity index (χ2n) is 9.60. The van der Waals surface area contributed by atoms with Crippen molar-refractivity contribution in [2.45, 2.75) is 52.4 Å². The summed E-state index contributed by atoms with van der Waals surface area (Å²) in [7, 11) is 2.10. The zero-order valence-corrected chi connectivity index (χ0v) is 20.6. The van der Waals surface area contributed by atoms with Crippen molar-refractivity contribution in [2.24, 2.45) is 18.4 Å². The van der Waals surface area contributed by atoms with Crippen molar-refractivity contribution in [3.8, 4) is 6.07 Å². The Kier molecular flexibility index (Phi) is 7.67. The molecule has 0 saturated carbocycles. The molecule has 4 rings (SSSR count). The summed E-state index contributed by atoms with van der Waals surface area (Å²) >= 11 is 0. The highest BCUT2D eigenvalue weighted by Gasteiger charge is 2.52. The van der Waals surface area contributed by atoms with Gasteiger partial charge in [-0.25, -0.2) is 5.48 Å². The van der Waals surface area contributed by atoms with Crippen LogP contribution in [0, 0.1) is 17.4 Å². The number of fused-ring (bicyclic) bond motifs is 1. The molecule has 2 aliphatic rings. The molecule has 2 aromatic rings. The molecule has 1 saturated heterocycles. The summed E-state index contributed by atoms with van der Waals surface area (Å²) in [5.74, 6) is 0.173. The summed E-state index contributed by atoms with van der Waals surface area (Å²) in [5, 5.41) is 14.2. The molecule has 34 heavy (non-hydrogen) atoms. The first-order chi connectivity index (χ1) is 16.5. The highest BCUT2D eigenvalue weighted by molar-refractivity contribution is 6.00. The molecule has 0 aliphatic carbocycles. The van der Waals surface area contributed by atoms with Crippen LogP contribution in [0.4, 0.5) is 0 Å². The fraction of sp³-hybridized carbons (Fsp3) is 0.577. The monoisotopic (exact) mass is 466 g/mol. The van der Waals surface area contributed by atoms with Gasteiger partial charge in [0.25, 0.3) is 11.3 Å². The molecule has 3 heterocycles. The lowest BCUT2D eigenvalue weighted by Gasteiger charge is -2.30. The zero-order chi connectivity index (χ0) is 24.1. The number of aromatic nitrogens is 1. The number of aryl methyl sites for hydroxylation is 1. The van der Waals surface area contributed by atoms with E-state index < -0.39 is 11.3 Å². The van der Waals surface area contributed by atoms with E-state index in [0.717, 1.165) is 52.0 Å². The van der Waals surface area contributed by atoms with E-state index in [-0.39, 0.29) is 6.29 Å². The Morgan fingerprint density at radius 1 is 1.29 bits per heavy atom. The standard InChI is InChI=1S/C26H37N6O2/c1-4-12-26(24(33)29-34)18-28-25(31(5-2)19-26)32-13-10-20(11-14-32)15-27-16-21-17-30(3)23-9-7-6-8-22(21)23/h6-9,17,19-20,25,27H,4-5,10-16H2,1-3H3,(H-,29,33,34)/q+1/p+1. The van der Waals surface area contributed by atoms with Crippen LogP contribution in [0.5, 0.6) is 0 Å². The van der Waals surface area contributed by atoms with Gasteiger partial charge >= 0.3 is 12.4 Å². The van der Waals surface area contributed by atoms with Gasteiger partial charge in [-0.3, -0.25) is 10.0 Å². The summed E-state index contributed by atoms with van der Waals surface area (Å²) < 4.78 is 4.31. The van der Waals surface area contributed by atoms with Gasteiger partial charge in [0, 0.05) is 48.6 Å². The summed E-state index contributed by atoms with van der Waals surface area (Å²) in [5.41, 5.74) is 3.43. The van der Waals surface area contributed by atoms with E-state index in [9.17, 15) is 10.0 Å². The number of carbonyl (C=O) groups is 1. The highest BCUT2D eigenvalue weighted by atomic mass is 16.5. The molecule has 0 bridgehead atoms. The van der Waals surface area contributed by atoms with Crippen molar-refractivity contribution in [2.75, 3.05) is 26.2 Å². The van der Waals surface area contributed by atoms with Crippen LogP contribution in [0.25, 0.3) is 15.7 Å². The van der Waals surface area contributed by atoms with Gasteiger partial charge in [0.15, 0.2) is 6.21 Å². The molecule has 1 fully saturated rings. The van der Waals surface area contributed by atoms with Crippen molar-refractivity contribution < 1.29 is 14.6 Å². The number of benzene rings is 1. The third kappa shape index (κ3) is 4.88. The van der Waals surface area contributed by atoms with Crippen LogP contribution in [0.2, 0.25) is 0 Å². The Bertz CT molecular complexity index is 1110. The van der Waals surface area contributed by atoms with E-state index in [0.29, 0.717) is 12.3 Å². The molecule has 1 aromatic heterocycles. The van der Waals surface area contributed by atoms with Crippen LogP contribution < -0.4 is 10.8 Å². The van der Waals surface area contributed by atoms with Crippen molar-refractivity contribution in [1.82, 2.24) is 20.3 Å². The SMILES string of the molecule is CCCC1(C(=O)NO)C#[N+]C(N2CCC(CNCc3cn(C)c4ccccc34)CC2)[N+](CC)=C1. The van der Waals surface area contributed by atoms with E-state index in [1.54, 1.807) is 5.48 Å². The maximum absolute atomic E-state index is 12.4. The number of hydroxylamine groups is 1. The van der Waals surface area contributed by atoms with Gasteiger partial charge in [-0.1, -0.05) is 31.5 Å². The maximum Gasteiger partial charge on any atom is 0.520 e. The van der Waals surface area contributed by atoms with Crippen molar-refractivity contribution >= 4 is 23.0 Å². The van der Waals surface area contributed by atoms with Crippen LogP contribution in [-0.2, 0) is 18.4 Å². The second-order valence-corrected chi connectivity index (χ2v) is 9.60. The fourth-order valence-electron chi connectivity index (χ4n) is 5.37. The van der Waals surface area contributed by atoms with E-state index in [2.05, 4.69) is 74.7 Å². The van der Waals surface area contributed by atoms with Gasteiger partial charge in [-0.2, -0.15) is 4.90 Å². The molecule has 0 spiro atoms. The Balaban J connectivity index is 1.32. The Labute approximate surface area is 202 Å². The maximum atomic E-state index is 12.4. The van der Waals surface area contributed by atoms with Crippen molar-refractivity contribution in [3.63, 3.8) is 0 Å². The molecule has 182 valence electrons. The first-order valence-electron chi connectivity index (χ1n) is 12.5. The second kappa shape index (κ2) is 10.7. The predicted octanol–water partition coefficient (Wildman–Crippen LogP) is 3.01. The van der Waals surface area contributed by atoms with Crippen LogP contribution in [0.3, 0.4) is 0 Å². The lowest BCUT2D eigenvalue weighted by Crippen LogP contribution is -2.52. The number of likely N-dealkylation sites (tertiary alicyclic amines) is 1. The number of hydrogen-bond acceptors (Lipinski definition) is 4. The normalized spacial score (nSPS) is 23.4. The Morgan fingerprint density at radius 2 is 2.06 bits per heavy atom. The molecule has 3 N–H and O–H groups in total. The minimum Gasteiger partial charge on any atom is -0.350 e. The van der Waals surface area contributed by atoms with E-state index >= 15 is 0 Å². The predicted molar refractivity (Wildman–Crippen MR) is 134 cm³/mol. The van der Waals surface area contributed by atoms with Crippen LogP contribution in [0.15, 0.2) is 30.5 Å². The van der Waals surface area contributed by atoms with Crippen LogP contribution in [0.1, 0.15) is 45.1 Å². The van der Waals surface area contributed by atoms with Crippen molar-refractivity contribution in [1.29, 1.82) is 0 Å². The number of rotatable bonds is 9. The van der Waals surface area contributed by atoms with Gasteiger partial charge in [-0.15, -0.1) is 4.58 Å². The van der Waals surface area contributed by atoms with E-state index in [4.69, 9.17) is 0 Å². The fourth-order valence-corrected chi connectivity index (χ4v) is 5.37. The molecular formula is C26H38N6O2+2. The number of piperidine rings is 1. The van der Waals surface area contributed by atoms with Gasteiger partial charge < -0.3 is 9.88 Å². The average Bonchev–Trinajstić information content (AvgIpc) is 3.19. The number of nitrogens with zero attached hydrogens (tertiary/aromatic N) is 4. The third-order valence-corrected chi connectivity index (χ3v) is 7.28. The summed E-state index contributed by atoms with van der Waals surface area (Å²) in [6, 6.07) is 11.6. The number of hydrogen-bond donors (Lipinski definition) is 3. The minimum atomic E-state index is -1.00. The summed E-state index contributed by atoms with van der Waals surface area (Å²) in [6.45, 7) is 8.66. The van der Waals surface area contributed by atoms with Crippen LogP contribution in [-0.4, -0.2) is 63.8 Å². The van der Waals surface area contributed by atoms with Crippen molar-refractivity contribution in [3.05, 3.63) is 40.9 Å². The van der Waals surface area contributed by atoms with Gasteiger partial charge in [0.2, 0.25) is 0 Å². The molecule has 1 amide bonds. The molecule has 8 nitrogen and oxygen atoms in total. The molecule has 2 atom stereocenters. The van der Waals surface area contributed by atoms with Crippen LogP contribution >= 0.6 is 0 Å². The van der Waals surface area contributed by atoms with E-state index in [1.165, 1.54) is 16.5 Å². The topological polar surface area (TPSA) is 76.9 Å². The molecule has 1 aromatic carbocycles. The van der Waals surface area contributed by atoms with Gasteiger partial charge in [0.1, 0.15) is 6.54 Å². The molecule has 8 heteroatoms. The Morgan fingerprint density at radius 3 is 2.76 bits per heavy atom. The molecule has 2 aliphatic heterocycles. The molecule has 0 radical (unpaired) electrons. The zero-order valence-electron chi connectivity index (χ0n) is 20.6. The lowest BCUT2D eigenvalue weighted by atomic mass is 9.84. The first-order valence-corrected chi connectivity index (χ1v) is 12.5. The molecular weight excluding hydrogens is 428 g/mol. The average molecular weight is 467 g/mol. The Hall–Kier alpha value is -2.73. The highest BCUT2D eigenvalue weighted by Crippen LogP contribution is 2.27. The molecule has 2 unspecified atom stereocenters. The number of carbonyl (C=O) groups excluding carboxylic acids is 1. The van der Waals surface area contributed by atoms with Gasteiger partial charge in [-0.05, 0) is 50.3 Å². The largest absolute Gasteiger partial charge is 0.520 e. The summed E-state index contributed by atoms with van der Waals surface area (Å²) in [4.78, 5) is 19.4. The minimum absolute atomic E-state index is 0.133. The van der Waals surface area contributed by atoms with Gasteiger partial charge in [0.05, 0.1) is 0 Å². The first kappa shape index (κ1) is 24.4. The number of nitrogens with one attached hydrogen (secondary N) is 2. The number of para-hydroxylation sites is 1. The third-order valence-electron chi connectivity index (χ3n) is 7.28. The lowest BCUT2D eigenvalue weighted by molar-refractivity contribution is -0.576. The van der Waals surface area contributed by atoms with E-state index in [1.807, 2.05) is 13.1 Å². The number of amides is 1. The quantitative estimate of drug-likeness (QED) is 0.302.